The quantitative estimate of drug-likeness (QED) is 0.146. The van der Waals surface area contributed by atoms with E-state index in [9.17, 15) is 18.8 Å². The zero-order valence-electron chi connectivity index (χ0n) is 23.3. The Morgan fingerprint density at radius 2 is 1.86 bits per heavy atom. The Hall–Kier alpha value is -4.90. The average molecular weight is 597 g/mol. The van der Waals surface area contributed by atoms with Crippen LogP contribution in [0.5, 0.6) is 0 Å². The van der Waals surface area contributed by atoms with Crippen molar-refractivity contribution in [3.05, 3.63) is 95.4 Å². The van der Waals surface area contributed by atoms with Crippen molar-refractivity contribution in [1.82, 2.24) is 19.4 Å². The Kier molecular flexibility index (Phi) is 8.23. The van der Waals surface area contributed by atoms with Crippen LogP contribution >= 0.6 is 11.3 Å². The van der Waals surface area contributed by atoms with Crippen LogP contribution in [0, 0.1) is 5.95 Å². The molecule has 1 saturated heterocycles. The summed E-state index contributed by atoms with van der Waals surface area (Å²) >= 11 is 1.25. The number of aromatic nitrogens is 3. The number of hydrogen-bond donors (Lipinski definition) is 2. The van der Waals surface area contributed by atoms with Gasteiger partial charge in [0.2, 0.25) is 17.8 Å². The van der Waals surface area contributed by atoms with Crippen molar-refractivity contribution in [2.75, 3.05) is 30.3 Å². The number of fused-ring (bicyclic) bond motifs is 1. The standard InChI is InChI=1S/C32H29FN6O3S/c33-29-18-22(13-14-34-29)27-11-12-28(43-27)31(42)37-32-36-24-19-23(35-20-26(40)21-6-2-1-3-7-21)9-10-25(24)39(32)17-5-16-38-15-4-8-30(38)41/h1-3,6-7,9-14,18-19,35H,4-5,8,15-17,20H2,(H,36,37,42). The highest BCUT2D eigenvalue weighted by Gasteiger charge is 2.21. The van der Waals surface area contributed by atoms with Gasteiger partial charge < -0.3 is 14.8 Å². The number of nitrogens with one attached hydrogen (secondary N) is 2. The molecular formula is C32H29FN6O3S. The highest BCUT2D eigenvalue weighted by Crippen LogP contribution is 2.30. The summed E-state index contributed by atoms with van der Waals surface area (Å²) in [6, 6.07) is 21.2. The van der Waals surface area contributed by atoms with Crippen LogP contribution in [-0.4, -0.2) is 56.7 Å². The van der Waals surface area contributed by atoms with Crippen molar-refractivity contribution in [3.63, 3.8) is 0 Å². The minimum absolute atomic E-state index is 0.0274. The number of anilines is 2. The van der Waals surface area contributed by atoms with Gasteiger partial charge in [0.25, 0.3) is 5.91 Å². The molecule has 0 saturated carbocycles. The number of ketones is 1. The van der Waals surface area contributed by atoms with E-state index in [1.54, 1.807) is 30.3 Å². The molecule has 2 N–H and O–H groups in total. The number of benzene rings is 2. The molecule has 0 atom stereocenters. The van der Waals surface area contributed by atoms with Crippen molar-refractivity contribution in [1.29, 1.82) is 0 Å². The first-order valence-corrected chi connectivity index (χ1v) is 14.9. The van der Waals surface area contributed by atoms with E-state index >= 15 is 0 Å². The molecule has 11 heteroatoms. The van der Waals surface area contributed by atoms with Gasteiger partial charge in [0.1, 0.15) is 0 Å². The molecule has 0 spiro atoms. The molecule has 6 rings (SSSR count). The first-order chi connectivity index (χ1) is 20.9. The zero-order valence-corrected chi connectivity index (χ0v) is 24.1. The van der Waals surface area contributed by atoms with Gasteiger partial charge in [0.15, 0.2) is 5.78 Å². The van der Waals surface area contributed by atoms with Crippen LogP contribution in [-0.2, 0) is 11.3 Å². The van der Waals surface area contributed by atoms with Gasteiger partial charge in [-0.2, -0.15) is 4.39 Å². The van der Waals surface area contributed by atoms with Gasteiger partial charge in [0, 0.05) is 54.4 Å². The second kappa shape index (κ2) is 12.5. The van der Waals surface area contributed by atoms with Crippen LogP contribution < -0.4 is 10.6 Å². The number of nitrogens with zero attached hydrogens (tertiary/aromatic N) is 4. The molecule has 0 unspecified atom stereocenters. The summed E-state index contributed by atoms with van der Waals surface area (Å²) in [5, 5.41) is 6.13. The summed E-state index contributed by atoms with van der Waals surface area (Å²) in [4.78, 5) is 49.4. The minimum Gasteiger partial charge on any atom is -0.378 e. The number of amides is 2. The van der Waals surface area contributed by atoms with Crippen molar-refractivity contribution in [3.8, 4) is 10.4 Å². The van der Waals surface area contributed by atoms with Gasteiger partial charge in [0.05, 0.1) is 22.5 Å². The van der Waals surface area contributed by atoms with E-state index in [2.05, 4.69) is 15.6 Å². The third-order valence-corrected chi connectivity index (χ3v) is 8.48. The van der Waals surface area contributed by atoms with Crippen LogP contribution in [0.3, 0.4) is 0 Å². The number of pyridine rings is 1. The molecule has 0 radical (unpaired) electrons. The van der Waals surface area contributed by atoms with Crippen LogP contribution in [0.4, 0.5) is 16.0 Å². The lowest BCUT2D eigenvalue weighted by Crippen LogP contribution is -2.26. The topological polar surface area (TPSA) is 109 Å². The highest BCUT2D eigenvalue weighted by atomic mass is 32.1. The number of hydrogen-bond acceptors (Lipinski definition) is 7. The number of thiophene rings is 1. The van der Waals surface area contributed by atoms with Gasteiger partial charge >= 0.3 is 0 Å². The van der Waals surface area contributed by atoms with Crippen molar-refractivity contribution >= 4 is 51.6 Å². The van der Waals surface area contributed by atoms with Crippen LogP contribution in [0.2, 0.25) is 0 Å². The molecule has 218 valence electrons. The Labute approximate surface area is 251 Å². The molecule has 4 heterocycles. The molecule has 3 aromatic heterocycles. The minimum atomic E-state index is -0.584. The van der Waals surface area contributed by atoms with E-state index in [0.29, 0.717) is 53.4 Å². The lowest BCUT2D eigenvalue weighted by Gasteiger charge is -2.16. The Balaban J connectivity index is 1.22. The van der Waals surface area contributed by atoms with Gasteiger partial charge in [-0.15, -0.1) is 11.3 Å². The first-order valence-electron chi connectivity index (χ1n) is 14.1. The van der Waals surface area contributed by atoms with Gasteiger partial charge in [-0.05, 0) is 54.8 Å². The molecule has 9 nitrogen and oxygen atoms in total. The van der Waals surface area contributed by atoms with Crippen molar-refractivity contribution in [2.24, 2.45) is 0 Å². The molecule has 1 aliphatic heterocycles. The van der Waals surface area contributed by atoms with Crippen LogP contribution in [0.15, 0.2) is 79.0 Å². The van der Waals surface area contributed by atoms with E-state index in [0.717, 1.165) is 29.0 Å². The largest absolute Gasteiger partial charge is 0.378 e. The second-order valence-electron chi connectivity index (χ2n) is 10.3. The Bertz CT molecular complexity index is 1800. The van der Waals surface area contributed by atoms with E-state index in [1.165, 1.54) is 23.6 Å². The molecular weight excluding hydrogens is 567 g/mol. The van der Waals surface area contributed by atoms with Gasteiger partial charge in [-0.1, -0.05) is 30.3 Å². The fourth-order valence-corrected chi connectivity index (χ4v) is 6.06. The fraction of sp³-hybridized carbons (Fsp3) is 0.219. The molecule has 2 amide bonds. The SMILES string of the molecule is O=C(CNc1ccc2c(c1)nc(NC(=O)c1ccc(-c3ccnc(F)c3)s1)n2CCCN1CCCC1=O)c1ccccc1. The maximum Gasteiger partial charge on any atom is 0.268 e. The van der Waals surface area contributed by atoms with Crippen molar-refractivity contribution < 1.29 is 18.8 Å². The molecule has 2 aromatic carbocycles. The van der Waals surface area contributed by atoms with E-state index in [1.807, 2.05) is 45.9 Å². The van der Waals surface area contributed by atoms with Gasteiger partial charge in [-0.3, -0.25) is 19.7 Å². The molecule has 5 aromatic rings. The molecule has 0 bridgehead atoms. The molecule has 0 aliphatic carbocycles. The Morgan fingerprint density at radius 1 is 1.00 bits per heavy atom. The predicted molar refractivity (Wildman–Crippen MR) is 165 cm³/mol. The number of carbonyl (C=O) groups is 3. The molecule has 1 aliphatic rings. The first kappa shape index (κ1) is 28.2. The van der Waals surface area contributed by atoms with Crippen LogP contribution in [0.25, 0.3) is 21.5 Å². The fourth-order valence-electron chi connectivity index (χ4n) is 5.16. The van der Waals surface area contributed by atoms with Crippen LogP contribution in [0.1, 0.15) is 39.3 Å². The Morgan fingerprint density at radius 3 is 2.65 bits per heavy atom. The number of likely N-dealkylation sites (tertiary alicyclic amines) is 1. The number of halogens is 1. The summed E-state index contributed by atoms with van der Waals surface area (Å²) in [6.07, 6.45) is 3.56. The maximum atomic E-state index is 13.6. The zero-order chi connectivity index (χ0) is 29.8. The number of rotatable bonds is 11. The molecule has 43 heavy (non-hydrogen) atoms. The lowest BCUT2D eigenvalue weighted by molar-refractivity contribution is -0.127. The third-order valence-electron chi connectivity index (χ3n) is 7.34. The summed E-state index contributed by atoms with van der Waals surface area (Å²) in [7, 11) is 0. The van der Waals surface area contributed by atoms with E-state index in [4.69, 9.17) is 4.98 Å². The summed E-state index contributed by atoms with van der Waals surface area (Å²) < 4.78 is 15.6. The lowest BCUT2D eigenvalue weighted by atomic mass is 10.1. The summed E-state index contributed by atoms with van der Waals surface area (Å²) in [5.41, 5.74) is 3.49. The molecule has 1 fully saturated rings. The monoisotopic (exact) mass is 596 g/mol. The number of imidazole rings is 1. The highest BCUT2D eigenvalue weighted by molar-refractivity contribution is 7.17. The average Bonchev–Trinajstić information content (AvgIpc) is 3.75. The predicted octanol–water partition coefficient (Wildman–Crippen LogP) is 5.86. The normalized spacial score (nSPS) is 13.0. The van der Waals surface area contributed by atoms with Gasteiger partial charge in [-0.25, -0.2) is 9.97 Å². The second-order valence-corrected chi connectivity index (χ2v) is 11.3. The van der Waals surface area contributed by atoms with Crippen molar-refractivity contribution in [2.45, 2.75) is 25.8 Å². The summed E-state index contributed by atoms with van der Waals surface area (Å²) in [6.45, 7) is 2.07. The number of Topliss-reactive ketones (excluding diaryl/α,β-unsaturated/α-hetero) is 1. The smallest absolute Gasteiger partial charge is 0.268 e. The third kappa shape index (κ3) is 6.46. The number of aryl methyl sites for hydroxylation is 1. The van der Waals surface area contributed by atoms with E-state index in [-0.39, 0.29) is 24.1 Å². The van der Waals surface area contributed by atoms with E-state index < -0.39 is 5.95 Å². The maximum absolute atomic E-state index is 13.6. The summed E-state index contributed by atoms with van der Waals surface area (Å²) in [5.74, 6) is -0.383. The number of carbonyl (C=O) groups excluding carboxylic acids is 3.